The van der Waals surface area contributed by atoms with E-state index >= 15 is 0 Å². The highest BCUT2D eigenvalue weighted by Gasteiger charge is 2.31. The quantitative estimate of drug-likeness (QED) is 0.171. The highest BCUT2D eigenvalue weighted by atomic mass is 35.5. The van der Waals surface area contributed by atoms with Gasteiger partial charge in [0.1, 0.15) is 0 Å². The van der Waals surface area contributed by atoms with Gasteiger partial charge in [0.05, 0.1) is 37.8 Å². The summed E-state index contributed by atoms with van der Waals surface area (Å²) in [6.07, 6.45) is 3.23. The van der Waals surface area contributed by atoms with Crippen LogP contribution in [-0.2, 0) is 0 Å². The molecule has 3 aromatic carbocycles. The van der Waals surface area contributed by atoms with Gasteiger partial charge in [-0.25, -0.2) is 0 Å². The Morgan fingerprint density at radius 1 is 0.733 bits per heavy atom. The molecule has 8 heteroatoms. The van der Waals surface area contributed by atoms with Crippen molar-refractivity contribution in [3.63, 3.8) is 0 Å². The molecule has 3 rings (SSSR count). The summed E-state index contributed by atoms with van der Waals surface area (Å²) in [7, 11) is 0. The van der Waals surface area contributed by atoms with Crippen molar-refractivity contribution in [1.29, 1.82) is 0 Å². The van der Waals surface area contributed by atoms with Gasteiger partial charge in [0, 0.05) is 0 Å². The summed E-state index contributed by atoms with van der Waals surface area (Å²) in [5.74, 6) is 0. The van der Waals surface area contributed by atoms with E-state index in [0.717, 1.165) is 11.6 Å². The Labute approximate surface area is 182 Å². The predicted molar refractivity (Wildman–Crippen MR) is 119 cm³/mol. The number of alkyl halides is 2. The van der Waals surface area contributed by atoms with Gasteiger partial charge in [-0.2, -0.15) is 0 Å². The number of hydrogen-bond donors (Lipinski definition) is 0. The summed E-state index contributed by atoms with van der Waals surface area (Å²) >= 11 is 13.0. The first kappa shape index (κ1) is 21.5. The Morgan fingerprint density at radius 2 is 1.30 bits per heavy atom. The van der Waals surface area contributed by atoms with Crippen molar-refractivity contribution in [2.45, 2.75) is 10.8 Å². The van der Waals surface area contributed by atoms with Crippen LogP contribution in [0, 0.1) is 20.2 Å². The van der Waals surface area contributed by atoms with E-state index in [1.807, 2.05) is 36.4 Å². The van der Waals surface area contributed by atoms with Crippen LogP contribution in [0.5, 0.6) is 0 Å². The predicted octanol–water partition coefficient (Wildman–Crippen LogP) is 6.93. The van der Waals surface area contributed by atoms with E-state index in [2.05, 4.69) is 0 Å². The zero-order valence-electron chi connectivity index (χ0n) is 15.5. The molecule has 0 heterocycles. The standard InChI is InChI=1S/C22H16Cl2N2O4/c23-21(16-9-5-2-6-10-16)22(24)18-13-17(12-11-15-7-3-1-4-8-15)19(25(27)28)14-20(18)26(29)30/h1-14,21-22H/b12-11-/t21-,22-/m1/s1. The Balaban J connectivity index is 2.10. The van der Waals surface area contributed by atoms with E-state index in [-0.39, 0.29) is 16.8 Å². The summed E-state index contributed by atoms with van der Waals surface area (Å²) in [5, 5.41) is 21.4. The monoisotopic (exact) mass is 442 g/mol. The maximum absolute atomic E-state index is 11.6. The van der Waals surface area contributed by atoms with Crippen molar-refractivity contribution >= 4 is 46.7 Å². The minimum atomic E-state index is -0.973. The first-order chi connectivity index (χ1) is 14.4. The van der Waals surface area contributed by atoms with Gasteiger partial charge < -0.3 is 0 Å². The lowest BCUT2D eigenvalue weighted by Crippen LogP contribution is -2.06. The van der Waals surface area contributed by atoms with Gasteiger partial charge in [-0.05, 0) is 23.3 Å². The number of nitro benzene ring substituents is 2. The lowest BCUT2D eigenvalue weighted by molar-refractivity contribution is -0.394. The lowest BCUT2D eigenvalue weighted by Gasteiger charge is -2.17. The molecule has 0 radical (unpaired) electrons. The number of benzene rings is 3. The highest BCUT2D eigenvalue weighted by Crippen LogP contribution is 2.44. The molecule has 0 unspecified atom stereocenters. The molecule has 0 aliphatic heterocycles. The van der Waals surface area contributed by atoms with Crippen LogP contribution in [0.2, 0.25) is 0 Å². The maximum atomic E-state index is 11.6. The van der Waals surface area contributed by atoms with Gasteiger partial charge in [-0.3, -0.25) is 20.2 Å². The molecule has 0 aliphatic carbocycles. The fourth-order valence-corrected chi connectivity index (χ4v) is 3.60. The van der Waals surface area contributed by atoms with E-state index < -0.39 is 26.3 Å². The molecular formula is C22H16Cl2N2O4. The van der Waals surface area contributed by atoms with Crippen molar-refractivity contribution in [2.24, 2.45) is 0 Å². The van der Waals surface area contributed by atoms with E-state index in [1.165, 1.54) is 12.1 Å². The van der Waals surface area contributed by atoms with Crippen molar-refractivity contribution in [3.05, 3.63) is 115 Å². The van der Waals surface area contributed by atoms with Crippen LogP contribution in [0.25, 0.3) is 12.2 Å². The molecule has 3 aromatic rings. The third-order valence-electron chi connectivity index (χ3n) is 4.50. The van der Waals surface area contributed by atoms with Crippen molar-refractivity contribution in [1.82, 2.24) is 0 Å². The van der Waals surface area contributed by atoms with Crippen LogP contribution in [0.4, 0.5) is 11.4 Å². The van der Waals surface area contributed by atoms with E-state index in [4.69, 9.17) is 23.2 Å². The number of halogens is 2. The van der Waals surface area contributed by atoms with Crippen molar-refractivity contribution < 1.29 is 9.85 Å². The number of nitrogens with zero attached hydrogens (tertiary/aromatic N) is 2. The molecule has 152 valence electrons. The Bertz CT molecular complexity index is 1090. The molecule has 0 aromatic heterocycles. The van der Waals surface area contributed by atoms with Gasteiger partial charge in [0.2, 0.25) is 0 Å². The van der Waals surface area contributed by atoms with Crippen LogP contribution in [0.3, 0.4) is 0 Å². The second-order valence-electron chi connectivity index (χ2n) is 6.44. The van der Waals surface area contributed by atoms with Gasteiger partial charge in [-0.1, -0.05) is 66.7 Å². The largest absolute Gasteiger partial charge is 0.283 e. The third kappa shape index (κ3) is 4.84. The average Bonchev–Trinajstić information content (AvgIpc) is 2.77. The Hall–Kier alpha value is -3.22. The number of rotatable bonds is 7. The molecule has 0 N–H and O–H groups in total. The molecule has 6 nitrogen and oxygen atoms in total. The SMILES string of the molecule is O=[N+]([O-])c1cc([N+](=O)[O-])c([C@@H](Cl)[C@H](Cl)c2ccccc2)cc1/C=C\c1ccccc1. The summed E-state index contributed by atoms with van der Waals surface area (Å²) < 4.78 is 0. The molecule has 2 atom stereocenters. The second-order valence-corrected chi connectivity index (χ2v) is 7.38. The third-order valence-corrected chi connectivity index (χ3v) is 5.62. The van der Waals surface area contributed by atoms with Gasteiger partial charge >= 0.3 is 0 Å². The topological polar surface area (TPSA) is 86.3 Å². The van der Waals surface area contributed by atoms with Crippen LogP contribution in [-0.4, -0.2) is 9.85 Å². The average molecular weight is 443 g/mol. The normalized spacial score (nSPS) is 13.1. The fourth-order valence-electron chi connectivity index (χ4n) is 3.00. The number of nitro groups is 2. The van der Waals surface area contributed by atoms with Crippen molar-refractivity contribution in [2.75, 3.05) is 0 Å². The van der Waals surface area contributed by atoms with Crippen LogP contribution in [0.15, 0.2) is 72.8 Å². The molecule has 0 fully saturated rings. The molecular weight excluding hydrogens is 427 g/mol. The Morgan fingerprint density at radius 3 is 1.87 bits per heavy atom. The zero-order chi connectivity index (χ0) is 21.7. The minimum Gasteiger partial charge on any atom is -0.258 e. The van der Waals surface area contributed by atoms with E-state index in [0.29, 0.717) is 5.56 Å². The molecule has 30 heavy (non-hydrogen) atoms. The van der Waals surface area contributed by atoms with E-state index in [9.17, 15) is 20.2 Å². The first-order valence-electron chi connectivity index (χ1n) is 8.91. The van der Waals surface area contributed by atoms with E-state index in [1.54, 1.807) is 30.3 Å². The lowest BCUT2D eigenvalue weighted by atomic mass is 9.98. The van der Waals surface area contributed by atoms with Gasteiger partial charge in [-0.15, -0.1) is 23.2 Å². The first-order valence-corrected chi connectivity index (χ1v) is 9.78. The van der Waals surface area contributed by atoms with Crippen LogP contribution in [0.1, 0.15) is 33.0 Å². The molecule has 0 aliphatic rings. The minimum absolute atomic E-state index is 0.115. The molecule has 0 saturated heterocycles. The number of hydrogen-bond acceptors (Lipinski definition) is 4. The molecule has 0 bridgehead atoms. The maximum Gasteiger partial charge on any atom is 0.283 e. The Kier molecular flexibility index (Phi) is 6.82. The van der Waals surface area contributed by atoms with Gasteiger partial charge in [0.25, 0.3) is 11.4 Å². The highest BCUT2D eigenvalue weighted by molar-refractivity contribution is 6.30. The molecule has 0 spiro atoms. The summed E-state index contributed by atoms with van der Waals surface area (Å²) in [6, 6.07) is 20.4. The molecule has 0 amide bonds. The smallest absolute Gasteiger partial charge is 0.258 e. The zero-order valence-corrected chi connectivity index (χ0v) is 17.0. The molecule has 0 saturated carbocycles. The summed E-state index contributed by atoms with van der Waals surface area (Å²) in [5.41, 5.74) is 1.00. The summed E-state index contributed by atoms with van der Waals surface area (Å²) in [6.45, 7) is 0. The van der Waals surface area contributed by atoms with Crippen molar-refractivity contribution in [3.8, 4) is 0 Å². The fraction of sp³-hybridized carbons (Fsp3) is 0.0909. The van der Waals surface area contributed by atoms with Gasteiger partial charge in [0.15, 0.2) is 0 Å². The van der Waals surface area contributed by atoms with Crippen LogP contribution < -0.4 is 0 Å². The second kappa shape index (κ2) is 9.52. The summed E-state index contributed by atoms with van der Waals surface area (Å²) in [4.78, 5) is 21.8. The van der Waals surface area contributed by atoms with Crippen LogP contribution >= 0.6 is 23.2 Å².